The molecule has 1 aliphatic carbocycles. The van der Waals surface area contributed by atoms with E-state index in [-0.39, 0.29) is 29.4 Å². The zero-order valence-corrected chi connectivity index (χ0v) is 13.4. The number of nitrogens with one attached hydrogen (secondary N) is 1. The predicted molar refractivity (Wildman–Crippen MR) is 93.0 cm³/mol. The first-order chi connectivity index (χ1) is 11.7. The van der Waals surface area contributed by atoms with Crippen molar-refractivity contribution < 1.29 is 9.59 Å². The van der Waals surface area contributed by atoms with Crippen molar-refractivity contribution in [2.24, 2.45) is 11.7 Å². The molecule has 4 nitrogen and oxygen atoms in total. The highest BCUT2D eigenvalue weighted by molar-refractivity contribution is 6.07. The van der Waals surface area contributed by atoms with Crippen LogP contribution in [0, 0.1) is 5.92 Å². The van der Waals surface area contributed by atoms with Gasteiger partial charge in [0.05, 0.1) is 5.92 Å². The van der Waals surface area contributed by atoms with E-state index in [4.69, 9.17) is 5.73 Å². The van der Waals surface area contributed by atoms with Gasteiger partial charge in [0.25, 0.3) is 0 Å². The monoisotopic (exact) mass is 320 g/mol. The van der Waals surface area contributed by atoms with Crippen LogP contribution in [0.1, 0.15) is 40.2 Å². The lowest BCUT2D eigenvalue weighted by molar-refractivity contribution is -0.121. The van der Waals surface area contributed by atoms with Gasteiger partial charge in [-0.05, 0) is 23.3 Å². The Morgan fingerprint density at radius 1 is 1.04 bits per heavy atom. The Balaban J connectivity index is 1.78. The lowest BCUT2D eigenvalue weighted by Gasteiger charge is -2.41. The zero-order valence-electron chi connectivity index (χ0n) is 13.4. The van der Waals surface area contributed by atoms with Gasteiger partial charge in [-0.3, -0.25) is 9.59 Å². The van der Waals surface area contributed by atoms with Crippen molar-refractivity contribution >= 4 is 17.3 Å². The molecule has 1 saturated carbocycles. The standard InChI is InChI=1S/C20H20N2O2/c21-11-12-6-7-17-16(8-12)20(24)19-15(13-4-2-1-3-5-13)9-14(23)10-18(19)22-17/h1-8,15,18-19,22H,9-11,21H2/t15?,18-,19+/m1/s1. The predicted octanol–water partition coefficient (Wildman–Crippen LogP) is 2.89. The van der Waals surface area contributed by atoms with Gasteiger partial charge in [0.1, 0.15) is 5.78 Å². The van der Waals surface area contributed by atoms with Gasteiger partial charge in [0.2, 0.25) is 0 Å². The van der Waals surface area contributed by atoms with E-state index in [2.05, 4.69) is 5.32 Å². The lowest BCUT2D eigenvalue weighted by atomic mass is 9.67. The fraction of sp³-hybridized carbons (Fsp3) is 0.300. The van der Waals surface area contributed by atoms with E-state index in [9.17, 15) is 9.59 Å². The third-order valence-corrected chi connectivity index (χ3v) is 5.22. The second-order valence-corrected chi connectivity index (χ2v) is 6.69. The van der Waals surface area contributed by atoms with E-state index in [0.29, 0.717) is 24.9 Å². The largest absolute Gasteiger partial charge is 0.381 e. The number of hydrogen-bond acceptors (Lipinski definition) is 4. The van der Waals surface area contributed by atoms with Crippen LogP contribution in [0.15, 0.2) is 48.5 Å². The second-order valence-electron chi connectivity index (χ2n) is 6.69. The van der Waals surface area contributed by atoms with Crippen LogP contribution in [0.2, 0.25) is 0 Å². The summed E-state index contributed by atoms with van der Waals surface area (Å²) in [5.74, 6) is 0.0793. The molecule has 1 heterocycles. The highest BCUT2D eigenvalue weighted by Crippen LogP contribution is 2.43. The number of carbonyl (C=O) groups excluding carboxylic acids is 2. The minimum Gasteiger partial charge on any atom is -0.381 e. The summed E-state index contributed by atoms with van der Waals surface area (Å²) in [6, 6.07) is 15.5. The lowest BCUT2D eigenvalue weighted by Crippen LogP contribution is -2.47. The Bertz CT molecular complexity index is 801. The van der Waals surface area contributed by atoms with Crippen LogP contribution in [0.5, 0.6) is 0 Å². The molecule has 0 bridgehead atoms. The highest BCUT2D eigenvalue weighted by Gasteiger charge is 2.45. The molecule has 2 aliphatic rings. The van der Waals surface area contributed by atoms with Crippen molar-refractivity contribution in [2.45, 2.75) is 31.3 Å². The van der Waals surface area contributed by atoms with Crippen molar-refractivity contribution in [3.05, 3.63) is 65.2 Å². The maximum atomic E-state index is 13.2. The Labute approximate surface area is 141 Å². The van der Waals surface area contributed by atoms with Crippen molar-refractivity contribution in [3.8, 4) is 0 Å². The third kappa shape index (κ3) is 2.43. The van der Waals surface area contributed by atoms with E-state index < -0.39 is 0 Å². The first-order valence-corrected chi connectivity index (χ1v) is 8.38. The summed E-state index contributed by atoms with van der Waals surface area (Å²) in [4.78, 5) is 25.5. The van der Waals surface area contributed by atoms with E-state index in [1.54, 1.807) is 0 Å². The molecule has 1 fully saturated rings. The molecule has 0 radical (unpaired) electrons. The Kier molecular flexibility index (Phi) is 3.69. The molecule has 1 unspecified atom stereocenters. The number of hydrogen-bond donors (Lipinski definition) is 2. The van der Waals surface area contributed by atoms with Crippen molar-refractivity contribution in [3.63, 3.8) is 0 Å². The summed E-state index contributed by atoms with van der Waals surface area (Å²) >= 11 is 0. The first-order valence-electron chi connectivity index (χ1n) is 8.38. The van der Waals surface area contributed by atoms with Crippen LogP contribution < -0.4 is 11.1 Å². The van der Waals surface area contributed by atoms with E-state index >= 15 is 0 Å². The summed E-state index contributed by atoms with van der Waals surface area (Å²) < 4.78 is 0. The molecule has 24 heavy (non-hydrogen) atoms. The molecule has 0 amide bonds. The van der Waals surface area contributed by atoms with Gasteiger partial charge in [0, 0.05) is 42.6 Å². The topological polar surface area (TPSA) is 72.2 Å². The third-order valence-electron chi connectivity index (χ3n) is 5.22. The number of rotatable bonds is 2. The maximum Gasteiger partial charge on any atom is 0.170 e. The molecular formula is C20H20N2O2. The average molecular weight is 320 g/mol. The van der Waals surface area contributed by atoms with Gasteiger partial charge < -0.3 is 11.1 Å². The van der Waals surface area contributed by atoms with Crippen LogP contribution in [0.4, 0.5) is 5.69 Å². The molecule has 3 atom stereocenters. The smallest absolute Gasteiger partial charge is 0.170 e. The Hall–Kier alpha value is -2.46. The number of fused-ring (bicyclic) bond motifs is 2. The number of Topliss-reactive ketones (excluding diaryl/α,β-unsaturated/α-hetero) is 2. The normalized spacial score (nSPS) is 25.6. The Morgan fingerprint density at radius 3 is 2.58 bits per heavy atom. The summed E-state index contributed by atoms with van der Waals surface area (Å²) in [6.45, 7) is 0.412. The van der Waals surface area contributed by atoms with Gasteiger partial charge in [-0.2, -0.15) is 0 Å². The molecule has 122 valence electrons. The van der Waals surface area contributed by atoms with Gasteiger partial charge >= 0.3 is 0 Å². The zero-order chi connectivity index (χ0) is 16.7. The van der Waals surface area contributed by atoms with Crippen molar-refractivity contribution in [1.29, 1.82) is 0 Å². The molecule has 0 saturated heterocycles. The van der Waals surface area contributed by atoms with Crippen molar-refractivity contribution in [1.82, 2.24) is 0 Å². The molecule has 4 heteroatoms. The first kappa shape index (κ1) is 15.1. The number of carbonyl (C=O) groups is 2. The fourth-order valence-electron chi connectivity index (χ4n) is 4.07. The average Bonchev–Trinajstić information content (AvgIpc) is 2.61. The van der Waals surface area contributed by atoms with Crippen LogP contribution in [0.25, 0.3) is 0 Å². The molecule has 2 aromatic carbocycles. The summed E-state index contributed by atoms with van der Waals surface area (Å²) in [5.41, 5.74) is 9.26. The highest BCUT2D eigenvalue weighted by atomic mass is 16.1. The minimum atomic E-state index is -0.203. The summed E-state index contributed by atoms with van der Waals surface area (Å²) in [6.07, 6.45) is 0.850. The van der Waals surface area contributed by atoms with E-state index in [0.717, 1.165) is 16.8 Å². The minimum absolute atomic E-state index is 0.0628. The van der Waals surface area contributed by atoms with Gasteiger partial charge in [-0.1, -0.05) is 36.4 Å². The van der Waals surface area contributed by atoms with Crippen LogP contribution in [-0.4, -0.2) is 17.6 Å². The molecule has 3 N–H and O–H groups in total. The maximum absolute atomic E-state index is 13.2. The fourth-order valence-corrected chi connectivity index (χ4v) is 4.07. The Morgan fingerprint density at radius 2 is 1.83 bits per heavy atom. The van der Waals surface area contributed by atoms with Gasteiger partial charge in [0.15, 0.2) is 5.78 Å². The molecule has 4 rings (SSSR count). The molecule has 0 spiro atoms. The second kappa shape index (κ2) is 5.87. The number of anilines is 1. The number of benzene rings is 2. The van der Waals surface area contributed by atoms with Crippen LogP contribution >= 0.6 is 0 Å². The molecule has 1 aliphatic heterocycles. The van der Waals surface area contributed by atoms with E-state index in [1.165, 1.54) is 0 Å². The number of nitrogens with two attached hydrogens (primary N) is 1. The molecule has 0 aromatic heterocycles. The van der Waals surface area contributed by atoms with Gasteiger partial charge in [-0.25, -0.2) is 0 Å². The quantitative estimate of drug-likeness (QED) is 0.892. The summed E-state index contributed by atoms with van der Waals surface area (Å²) in [7, 11) is 0. The van der Waals surface area contributed by atoms with Crippen molar-refractivity contribution in [2.75, 3.05) is 5.32 Å². The van der Waals surface area contributed by atoms with Crippen LogP contribution in [0.3, 0.4) is 0 Å². The van der Waals surface area contributed by atoms with E-state index in [1.807, 2.05) is 48.5 Å². The molecule has 2 aromatic rings. The summed E-state index contributed by atoms with van der Waals surface area (Å²) in [5, 5.41) is 3.43. The SMILES string of the molecule is NCc1ccc2c(c1)C(=O)[C@H]1C(c3ccccc3)CC(=O)C[C@H]1N2. The van der Waals surface area contributed by atoms with Gasteiger partial charge in [-0.15, -0.1) is 0 Å². The molecular weight excluding hydrogens is 300 g/mol. The number of ketones is 2. The van der Waals surface area contributed by atoms with Crippen LogP contribution in [-0.2, 0) is 11.3 Å².